The number of nitrogens with two attached hydrogens (primary N) is 1. The molecule has 3 aromatic carbocycles. The van der Waals surface area contributed by atoms with Gasteiger partial charge < -0.3 is 15.8 Å². The first-order valence-corrected chi connectivity index (χ1v) is 16.7. The number of hydrogen-bond donors (Lipinski definition) is 3. The minimum absolute atomic E-state index is 0.163. The molecule has 5 nitrogen and oxygen atoms in total. The van der Waals surface area contributed by atoms with Crippen LogP contribution in [-0.2, 0) is 0 Å². The number of benzene rings is 3. The summed E-state index contributed by atoms with van der Waals surface area (Å²) in [5, 5.41) is 12.8. The number of nitrogens with one attached hydrogen (secondary N) is 2. The van der Waals surface area contributed by atoms with Crippen molar-refractivity contribution in [2.75, 3.05) is 5.73 Å². The second kappa shape index (κ2) is 17.2. The second-order valence-corrected chi connectivity index (χ2v) is 13.2. The molecule has 1 saturated carbocycles. The van der Waals surface area contributed by atoms with E-state index in [1.54, 1.807) is 18.2 Å². The molecule has 6 heteroatoms. The summed E-state index contributed by atoms with van der Waals surface area (Å²) in [6.07, 6.45) is 7.85. The van der Waals surface area contributed by atoms with Gasteiger partial charge in [0, 0.05) is 27.4 Å². The van der Waals surface area contributed by atoms with E-state index in [9.17, 15) is 4.79 Å². The van der Waals surface area contributed by atoms with Crippen LogP contribution in [0.5, 0.6) is 5.75 Å². The molecule has 0 saturated heterocycles. The maximum absolute atomic E-state index is 13.5. The smallest absolute Gasteiger partial charge is 0.251 e. The van der Waals surface area contributed by atoms with Crippen molar-refractivity contribution in [2.45, 2.75) is 98.6 Å². The Labute approximate surface area is 270 Å². The summed E-state index contributed by atoms with van der Waals surface area (Å²) >= 11 is 6.55. The average Bonchev–Trinajstić information content (AvgIpc) is 3.55. The fraction of sp³-hybridized carbons (Fsp3) is 0.474. The van der Waals surface area contributed by atoms with Crippen molar-refractivity contribution in [3.05, 3.63) is 94.0 Å². The SMILES string of the molecule is CCC(C)C.CCC(CC(C)C)Oc1ccc(C(=N)c2cc(C(=O)NC(c3ccccc3Cl)C3CCCC3)ccc2N)cc1. The summed E-state index contributed by atoms with van der Waals surface area (Å²) in [7, 11) is 0. The number of ether oxygens (including phenoxy) is 1. The molecule has 1 aliphatic carbocycles. The average molecular weight is 618 g/mol. The Kier molecular flexibility index (Phi) is 13.8. The molecule has 1 aliphatic rings. The first kappa shape index (κ1) is 35.2. The fourth-order valence-electron chi connectivity index (χ4n) is 5.48. The molecule has 4 N–H and O–H groups in total. The topological polar surface area (TPSA) is 88.2 Å². The quantitative estimate of drug-likeness (QED) is 0.139. The zero-order valence-corrected chi connectivity index (χ0v) is 28.2. The lowest BCUT2D eigenvalue weighted by molar-refractivity contribution is 0.0922. The standard InChI is InChI=1S/C33H40ClN3O2.C5H12/c1-4-25(19-21(2)3)39-26-16-13-22(14-17-26)31(36)28-20-24(15-18-30(28)35)33(38)37-32(23-9-5-6-10-23)27-11-7-8-12-29(27)34;1-4-5(2)3/h7-8,11-18,20-21,23,25,32,36H,4-6,9-10,19,35H2,1-3H3,(H,37,38);5H,4H2,1-3H3. The van der Waals surface area contributed by atoms with Gasteiger partial charge in [0.1, 0.15) is 5.75 Å². The number of nitrogen functional groups attached to an aromatic ring is 1. The third kappa shape index (κ3) is 10.1. The molecule has 1 amide bonds. The zero-order chi connectivity index (χ0) is 32.2. The van der Waals surface area contributed by atoms with E-state index in [0.717, 1.165) is 55.8 Å². The normalized spacial score (nSPS) is 14.6. The highest BCUT2D eigenvalue weighted by atomic mass is 35.5. The van der Waals surface area contributed by atoms with Gasteiger partial charge in [-0.2, -0.15) is 0 Å². The molecule has 3 aromatic rings. The number of anilines is 1. The van der Waals surface area contributed by atoms with Gasteiger partial charge >= 0.3 is 0 Å². The molecule has 0 bridgehead atoms. The third-order valence-corrected chi connectivity index (χ3v) is 8.78. The van der Waals surface area contributed by atoms with Gasteiger partial charge in [-0.1, -0.05) is 90.6 Å². The highest BCUT2D eigenvalue weighted by Crippen LogP contribution is 2.38. The Hall–Kier alpha value is -3.31. The molecular weight excluding hydrogens is 566 g/mol. The van der Waals surface area contributed by atoms with Crippen molar-refractivity contribution in [1.82, 2.24) is 5.32 Å². The molecule has 0 aliphatic heterocycles. The zero-order valence-electron chi connectivity index (χ0n) is 27.5. The Morgan fingerprint density at radius 2 is 1.55 bits per heavy atom. The Morgan fingerprint density at radius 3 is 2.11 bits per heavy atom. The summed E-state index contributed by atoms with van der Waals surface area (Å²) in [6.45, 7) is 13.2. The van der Waals surface area contributed by atoms with E-state index in [2.05, 4.69) is 46.9 Å². The minimum atomic E-state index is -0.194. The summed E-state index contributed by atoms with van der Waals surface area (Å²) < 4.78 is 6.16. The minimum Gasteiger partial charge on any atom is -0.490 e. The Bertz CT molecular complexity index is 1350. The van der Waals surface area contributed by atoms with E-state index in [4.69, 9.17) is 27.5 Å². The number of carbonyl (C=O) groups excluding carboxylic acids is 1. The van der Waals surface area contributed by atoms with Gasteiger partial charge in [-0.15, -0.1) is 0 Å². The molecule has 44 heavy (non-hydrogen) atoms. The third-order valence-electron chi connectivity index (χ3n) is 8.43. The van der Waals surface area contributed by atoms with Crippen LogP contribution in [0, 0.1) is 23.2 Å². The van der Waals surface area contributed by atoms with Crippen molar-refractivity contribution in [1.29, 1.82) is 5.41 Å². The summed E-state index contributed by atoms with van der Waals surface area (Å²) in [6, 6.07) is 20.2. The molecule has 0 radical (unpaired) electrons. The summed E-state index contributed by atoms with van der Waals surface area (Å²) in [4.78, 5) is 13.5. The van der Waals surface area contributed by atoms with Crippen molar-refractivity contribution in [3.8, 4) is 5.75 Å². The van der Waals surface area contributed by atoms with Crippen LogP contribution in [0.3, 0.4) is 0 Å². The molecule has 0 spiro atoms. The predicted octanol–water partition coefficient (Wildman–Crippen LogP) is 10.3. The first-order valence-electron chi connectivity index (χ1n) is 16.3. The van der Waals surface area contributed by atoms with Crippen LogP contribution in [0.15, 0.2) is 66.7 Å². The number of halogens is 1. The highest BCUT2D eigenvalue weighted by molar-refractivity contribution is 6.31. The number of hydrogen-bond acceptors (Lipinski definition) is 4. The lowest BCUT2D eigenvalue weighted by Gasteiger charge is -2.26. The lowest BCUT2D eigenvalue weighted by atomic mass is 9.91. The summed E-state index contributed by atoms with van der Waals surface area (Å²) in [5.74, 6) is 2.38. The van der Waals surface area contributed by atoms with E-state index >= 15 is 0 Å². The maximum Gasteiger partial charge on any atom is 0.251 e. The number of rotatable bonds is 12. The van der Waals surface area contributed by atoms with Crippen molar-refractivity contribution >= 4 is 28.9 Å². The highest BCUT2D eigenvalue weighted by Gasteiger charge is 2.29. The van der Waals surface area contributed by atoms with Crippen LogP contribution in [0.2, 0.25) is 5.02 Å². The lowest BCUT2D eigenvalue weighted by Crippen LogP contribution is -2.33. The van der Waals surface area contributed by atoms with E-state index in [1.165, 1.54) is 6.42 Å². The monoisotopic (exact) mass is 617 g/mol. The molecule has 2 unspecified atom stereocenters. The molecule has 0 heterocycles. The van der Waals surface area contributed by atoms with Gasteiger partial charge in [0.05, 0.1) is 17.9 Å². The van der Waals surface area contributed by atoms with Crippen LogP contribution in [0.25, 0.3) is 0 Å². The molecule has 238 valence electrons. The van der Waals surface area contributed by atoms with E-state index in [-0.39, 0.29) is 23.8 Å². The molecule has 1 fully saturated rings. The number of amides is 1. The van der Waals surface area contributed by atoms with Crippen molar-refractivity contribution < 1.29 is 9.53 Å². The van der Waals surface area contributed by atoms with Crippen LogP contribution in [-0.4, -0.2) is 17.7 Å². The maximum atomic E-state index is 13.5. The van der Waals surface area contributed by atoms with Gasteiger partial charge in [-0.3, -0.25) is 10.2 Å². The second-order valence-electron chi connectivity index (χ2n) is 12.8. The van der Waals surface area contributed by atoms with Gasteiger partial charge in [-0.05, 0) is 97.5 Å². The van der Waals surface area contributed by atoms with Crippen LogP contribution < -0.4 is 15.8 Å². The largest absolute Gasteiger partial charge is 0.490 e. The van der Waals surface area contributed by atoms with Gasteiger partial charge in [0.15, 0.2) is 0 Å². The summed E-state index contributed by atoms with van der Waals surface area (Å²) in [5.41, 5.74) is 9.66. The van der Waals surface area contributed by atoms with Gasteiger partial charge in [0.2, 0.25) is 0 Å². The van der Waals surface area contributed by atoms with Crippen LogP contribution >= 0.6 is 11.6 Å². The van der Waals surface area contributed by atoms with Crippen molar-refractivity contribution in [2.24, 2.45) is 17.8 Å². The van der Waals surface area contributed by atoms with Crippen molar-refractivity contribution in [3.63, 3.8) is 0 Å². The van der Waals surface area contributed by atoms with E-state index < -0.39 is 0 Å². The Morgan fingerprint density at radius 1 is 0.932 bits per heavy atom. The van der Waals surface area contributed by atoms with E-state index in [0.29, 0.717) is 39.2 Å². The van der Waals surface area contributed by atoms with Crippen LogP contribution in [0.1, 0.15) is 120 Å². The molecule has 2 atom stereocenters. The first-order chi connectivity index (χ1) is 21.0. The Balaban J connectivity index is 0.000000978. The fourth-order valence-corrected chi connectivity index (χ4v) is 5.73. The number of carbonyl (C=O) groups is 1. The van der Waals surface area contributed by atoms with E-state index in [1.807, 2.05) is 48.5 Å². The van der Waals surface area contributed by atoms with Crippen LogP contribution in [0.4, 0.5) is 5.69 Å². The predicted molar refractivity (Wildman–Crippen MR) is 186 cm³/mol. The molecule has 4 rings (SSSR count). The molecular formula is C38H52ClN3O2. The van der Waals surface area contributed by atoms with Gasteiger partial charge in [-0.25, -0.2) is 0 Å². The van der Waals surface area contributed by atoms with Gasteiger partial charge in [0.25, 0.3) is 5.91 Å². The molecule has 0 aromatic heterocycles.